The number of aromatic nitrogens is 3. The molecule has 1 atom stereocenters. The Morgan fingerprint density at radius 2 is 1.94 bits per heavy atom. The van der Waals surface area contributed by atoms with Crippen LogP contribution < -0.4 is 5.32 Å². The first-order valence-corrected chi connectivity index (χ1v) is 11.2. The van der Waals surface area contributed by atoms with E-state index in [2.05, 4.69) is 20.5 Å². The Bertz CT molecular complexity index is 1090. The van der Waals surface area contributed by atoms with Crippen molar-refractivity contribution in [2.75, 3.05) is 13.1 Å². The van der Waals surface area contributed by atoms with Gasteiger partial charge in [0.15, 0.2) is 5.69 Å². The lowest BCUT2D eigenvalue weighted by atomic mass is 9.97. The third-order valence-electron chi connectivity index (χ3n) is 5.66. The third-order valence-corrected chi connectivity index (χ3v) is 5.66. The van der Waals surface area contributed by atoms with Gasteiger partial charge < -0.3 is 15.3 Å². The third kappa shape index (κ3) is 6.50. The molecule has 0 radical (unpaired) electrons. The maximum Gasteiger partial charge on any atom is 0.290 e. The zero-order valence-electron chi connectivity index (χ0n) is 19.1. The zero-order chi connectivity index (χ0) is 24.3. The Kier molecular flexibility index (Phi) is 8.90. The zero-order valence-corrected chi connectivity index (χ0v) is 19.1. The molecule has 3 N–H and O–H groups in total. The van der Waals surface area contributed by atoms with E-state index in [9.17, 15) is 9.59 Å². The summed E-state index contributed by atoms with van der Waals surface area (Å²) in [6.45, 7) is 3.28. The average Bonchev–Trinajstić information content (AvgIpc) is 3.29. The molecule has 4 rings (SSSR count). The number of H-pyrrole nitrogens is 1. The number of hydrogen-bond donors (Lipinski definition) is 3. The maximum absolute atomic E-state index is 12.9. The molecule has 1 unspecified atom stereocenters. The van der Waals surface area contributed by atoms with Crippen LogP contribution in [0.5, 0.6) is 0 Å². The normalized spacial score (nSPS) is 13.1. The van der Waals surface area contributed by atoms with Crippen LogP contribution in [0.4, 0.5) is 0 Å². The summed E-state index contributed by atoms with van der Waals surface area (Å²) < 4.78 is 0. The van der Waals surface area contributed by atoms with Crippen molar-refractivity contribution in [3.63, 3.8) is 0 Å². The standard InChI is InChI=1S/C24H27N5O2.CH2O2/c1-17(15-18-7-3-2-4-8-18)24(31)29-14-11-20-21(16-29)27-28-22(20)23(30)26-13-10-19-9-5-6-12-25-19;2-1-3/h2-9,12,17H,10-11,13-16H2,1H3,(H,26,30)(H,27,28);1H,(H,2,3). The van der Waals surface area contributed by atoms with E-state index in [1.54, 1.807) is 6.20 Å². The van der Waals surface area contributed by atoms with E-state index in [1.807, 2.05) is 60.4 Å². The van der Waals surface area contributed by atoms with Crippen molar-refractivity contribution >= 4 is 18.3 Å². The highest BCUT2D eigenvalue weighted by molar-refractivity contribution is 5.94. The molecule has 9 nitrogen and oxygen atoms in total. The monoisotopic (exact) mass is 463 g/mol. The van der Waals surface area contributed by atoms with Crippen LogP contribution in [0.1, 0.15) is 39.9 Å². The molecule has 0 bridgehead atoms. The number of nitrogens with one attached hydrogen (secondary N) is 2. The van der Waals surface area contributed by atoms with Crippen LogP contribution in [-0.2, 0) is 35.4 Å². The summed E-state index contributed by atoms with van der Waals surface area (Å²) in [7, 11) is 0. The topological polar surface area (TPSA) is 128 Å². The molecular formula is C25H29N5O4. The number of amides is 2. The molecule has 0 spiro atoms. The maximum atomic E-state index is 12.9. The molecule has 34 heavy (non-hydrogen) atoms. The van der Waals surface area contributed by atoms with E-state index in [4.69, 9.17) is 9.90 Å². The molecule has 2 amide bonds. The largest absolute Gasteiger partial charge is 0.483 e. The fourth-order valence-corrected chi connectivity index (χ4v) is 3.99. The van der Waals surface area contributed by atoms with Crippen LogP contribution in [-0.4, -0.2) is 56.6 Å². The molecule has 0 fully saturated rings. The van der Waals surface area contributed by atoms with Crippen LogP contribution >= 0.6 is 0 Å². The molecule has 1 aliphatic rings. The molecule has 0 aliphatic carbocycles. The number of aromatic amines is 1. The van der Waals surface area contributed by atoms with Crippen molar-refractivity contribution in [3.8, 4) is 0 Å². The fraction of sp³-hybridized carbons (Fsp3) is 0.320. The Morgan fingerprint density at radius 1 is 1.21 bits per heavy atom. The molecular weight excluding hydrogens is 434 g/mol. The molecule has 0 saturated carbocycles. The highest BCUT2D eigenvalue weighted by atomic mass is 16.3. The second kappa shape index (κ2) is 12.3. The number of benzene rings is 1. The van der Waals surface area contributed by atoms with Gasteiger partial charge in [-0.3, -0.25) is 24.5 Å². The summed E-state index contributed by atoms with van der Waals surface area (Å²) >= 11 is 0. The number of hydrogen-bond acceptors (Lipinski definition) is 5. The molecule has 178 valence electrons. The Morgan fingerprint density at radius 3 is 2.65 bits per heavy atom. The number of carboxylic acid groups (broad SMARTS) is 1. The molecule has 2 aromatic heterocycles. The van der Waals surface area contributed by atoms with E-state index in [-0.39, 0.29) is 24.2 Å². The van der Waals surface area contributed by atoms with Crippen LogP contribution in [0.2, 0.25) is 0 Å². The van der Waals surface area contributed by atoms with Gasteiger partial charge in [-0.15, -0.1) is 0 Å². The predicted molar refractivity (Wildman–Crippen MR) is 126 cm³/mol. The molecule has 3 aromatic rings. The summed E-state index contributed by atoms with van der Waals surface area (Å²) in [5.41, 5.74) is 4.29. The number of carbonyl (C=O) groups excluding carboxylic acids is 2. The van der Waals surface area contributed by atoms with Gasteiger partial charge in [-0.05, 0) is 30.5 Å². The fourth-order valence-electron chi connectivity index (χ4n) is 3.99. The van der Waals surface area contributed by atoms with Gasteiger partial charge in [0.2, 0.25) is 5.91 Å². The van der Waals surface area contributed by atoms with Gasteiger partial charge in [0.25, 0.3) is 12.4 Å². The highest BCUT2D eigenvalue weighted by Gasteiger charge is 2.29. The summed E-state index contributed by atoms with van der Waals surface area (Å²) in [6.07, 6.45) is 3.75. The highest BCUT2D eigenvalue weighted by Crippen LogP contribution is 2.22. The SMILES string of the molecule is CC(Cc1ccccc1)C(=O)N1CCc2c(C(=O)NCCc3ccccn3)n[nH]c2C1.O=CO. The summed E-state index contributed by atoms with van der Waals surface area (Å²) in [5, 5.41) is 17.0. The quantitative estimate of drug-likeness (QED) is 0.461. The van der Waals surface area contributed by atoms with E-state index in [0.717, 1.165) is 28.9 Å². The van der Waals surface area contributed by atoms with Crippen molar-refractivity contribution < 1.29 is 19.5 Å². The van der Waals surface area contributed by atoms with Crippen LogP contribution in [0, 0.1) is 5.92 Å². The van der Waals surface area contributed by atoms with E-state index < -0.39 is 0 Å². The van der Waals surface area contributed by atoms with Crippen LogP contribution in [0.3, 0.4) is 0 Å². The van der Waals surface area contributed by atoms with E-state index in [1.165, 1.54) is 0 Å². The first kappa shape index (κ1) is 24.6. The summed E-state index contributed by atoms with van der Waals surface area (Å²) in [6, 6.07) is 15.8. The number of fused-ring (bicyclic) bond motifs is 1. The van der Waals surface area contributed by atoms with Gasteiger partial charge in [0.05, 0.1) is 12.2 Å². The minimum atomic E-state index is -0.250. The first-order valence-electron chi connectivity index (χ1n) is 11.2. The smallest absolute Gasteiger partial charge is 0.290 e. The van der Waals surface area contributed by atoms with Gasteiger partial charge in [-0.1, -0.05) is 43.3 Å². The van der Waals surface area contributed by atoms with Crippen molar-refractivity contribution in [2.24, 2.45) is 5.92 Å². The molecule has 1 aromatic carbocycles. The Hall–Kier alpha value is -4.01. The van der Waals surface area contributed by atoms with Gasteiger partial charge in [-0.25, -0.2) is 0 Å². The van der Waals surface area contributed by atoms with Gasteiger partial charge in [0, 0.05) is 42.9 Å². The predicted octanol–water partition coefficient (Wildman–Crippen LogP) is 2.24. The van der Waals surface area contributed by atoms with Crippen LogP contribution in [0.25, 0.3) is 0 Å². The van der Waals surface area contributed by atoms with Gasteiger partial charge in [0.1, 0.15) is 0 Å². The molecule has 3 heterocycles. The average molecular weight is 464 g/mol. The minimum Gasteiger partial charge on any atom is -0.483 e. The first-order chi connectivity index (χ1) is 16.5. The summed E-state index contributed by atoms with van der Waals surface area (Å²) in [4.78, 5) is 40.0. The molecule has 0 saturated heterocycles. The lowest BCUT2D eigenvalue weighted by Crippen LogP contribution is -2.40. The number of rotatable bonds is 7. The van der Waals surface area contributed by atoms with E-state index in [0.29, 0.717) is 38.2 Å². The van der Waals surface area contributed by atoms with Crippen molar-refractivity contribution in [2.45, 2.75) is 32.7 Å². The Labute approximate surface area is 198 Å². The minimum absolute atomic E-state index is 0.0961. The van der Waals surface area contributed by atoms with Gasteiger partial charge in [-0.2, -0.15) is 5.10 Å². The lowest BCUT2D eigenvalue weighted by Gasteiger charge is -2.29. The molecule has 9 heteroatoms. The van der Waals surface area contributed by atoms with Crippen molar-refractivity contribution in [3.05, 3.63) is 82.9 Å². The Balaban J connectivity index is 0.00000103. The van der Waals surface area contributed by atoms with Crippen LogP contribution in [0.15, 0.2) is 54.7 Å². The lowest BCUT2D eigenvalue weighted by molar-refractivity contribution is -0.136. The molecule has 1 aliphatic heterocycles. The van der Waals surface area contributed by atoms with Crippen molar-refractivity contribution in [1.29, 1.82) is 0 Å². The second-order valence-electron chi connectivity index (χ2n) is 8.06. The van der Waals surface area contributed by atoms with E-state index >= 15 is 0 Å². The number of carbonyl (C=O) groups is 3. The summed E-state index contributed by atoms with van der Waals surface area (Å²) in [5.74, 6) is -0.155. The number of pyridine rings is 1. The second-order valence-corrected chi connectivity index (χ2v) is 8.06. The van der Waals surface area contributed by atoms with Gasteiger partial charge >= 0.3 is 0 Å². The van der Waals surface area contributed by atoms with Crippen molar-refractivity contribution in [1.82, 2.24) is 25.4 Å². The number of nitrogens with zero attached hydrogens (tertiary/aromatic N) is 3.